The molecule has 0 saturated heterocycles. The molecule has 0 unspecified atom stereocenters. The fraction of sp³-hybridized carbons (Fsp3) is 0.190. The smallest absolute Gasteiger partial charge is 0.307 e. The number of halogens is 3. The summed E-state index contributed by atoms with van der Waals surface area (Å²) < 4.78 is 34.1. The number of carbonyl (C=O) groups is 1. The van der Waals surface area contributed by atoms with Crippen LogP contribution < -0.4 is 4.74 Å². The number of fused-ring (bicyclic) bond motifs is 1. The van der Waals surface area contributed by atoms with Crippen LogP contribution in [0.2, 0.25) is 5.02 Å². The van der Waals surface area contributed by atoms with Gasteiger partial charge >= 0.3 is 5.97 Å². The van der Waals surface area contributed by atoms with Gasteiger partial charge in [-0.2, -0.15) is 0 Å². The van der Waals surface area contributed by atoms with Crippen LogP contribution in [0, 0.1) is 18.6 Å². The van der Waals surface area contributed by atoms with Crippen LogP contribution >= 0.6 is 23.4 Å². The summed E-state index contributed by atoms with van der Waals surface area (Å²) in [7, 11) is 0. The molecule has 0 spiro atoms. The molecule has 0 saturated carbocycles. The van der Waals surface area contributed by atoms with Crippen LogP contribution in [-0.2, 0) is 11.2 Å². The molecule has 0 radical (unpaired) electrons. The molecule has 0 fully saturated rings. The molecule has 28 heavy (non-hydrogen) atoms. The number of benzene rings is 3. The molecule has 3 rings (SSSR count). The van der Waals surface area contributed by atoms with Gasteiger partial charge in [0.15, 0.2) is 0 Å². The first-order valence-corrected chi connectivity index (χ1v) is 9.89. The molecule has 7 heteroatoms. The fourth-order valence-electron chi connectivity index (χ4n) is 2.94. The number of thioether (sulfide) groups is 1. The highest BCUT2D eigenvalue weighted by Gasteiger charge is 2.18. The number of ether oxygens (including phenoxy) is 1. The highest BCUT2D eigenvalue weighted by atomic mass is 35.5. The lowest BCUT2D eigenvalue weighted by Gasteiger charge is -2.17. The molecule has 0 aromatic heterocycles. The summed E-state index contributed by atoms with van der Waals surface area (Å²) >= 11 is 7.59. The number of carboxylic acids is 1. The number of hydrogen-bond donors (Lipinski definition) is 1. The summed E-state index contributed by atoms with van der Waals surface area (Å²) in [6.07, 6.45) is -0.219. The molecule has 0 bridgehead atoms. The molecule has 1 N–H and O–H groups in total. The van der Waals surface area contributed by atoms with Crippen LogP contribution in [0.1, 0.15) is 18.1 Å². The van der Waals surface area contributed by atoms with Gasteiger partial charge in [0.2, 0.25) is 0 Å². The summed E-state index contributed by atoms with van der Waals surface area (Å²) in [4.78, 5) is 11.6. The Hall–Kier alpha value is -2.31. The standard InChI is InChI=1S/C21H17ClF2O3S/c1-3-28-19-9-16(22)18(10-17(19)24)27-21-11(2)13(7-20(25)26)6-12-4-5-14(23)8-15(12)21/h4-6,8-10H,3,7H2,1-2H3,(H,25,26). The van der Waals surface area contributed by atoms with E-state index >= 15 is 0 Å². The molecule has 3 aromatic rings. The van der Waals surface area contributed by atoms with Crippen molar-refractivity contribution in [1.82, 2.24) is 0 Å². The van der Waals surface area contributed by atoms with Crippen molar-refractivity contribution in [3.8, 4) is 11.5 Å². The van der Waals surface area contributed by atoms with Gasteiger partial charge in [-0.05, 0) is 47.4 Å². The largest absolute Gasteiger partial charge is 0.481 e. The van der Waals surface area contributed by atoms with Gasteiger partial charge in [-0.3, -0.25) is 4.79 Å². The van der Waals surface area contributed by atoms with E-state index in [1.54, 1.807) is 19.1 Å². The third kappa shape index (κ3) is 4.23. The Bertz CT molecular complexity index is 1070. The quantitative estimate of drug-likeness (QED) is 0.454. The maximum absolute atomic E-state index is 14.4. The van der Waals surface area contributed by atoms with E-state index in [0.29, 0.717) is 32.5 Å². The Labute approximate surface area is 170 Å². The zero-order valence-electron chi connectivity index (χ0n) is 15.2. The van der Waals surface area contributed by atoms with Crippen molar-refractivity contribution in [2.45, 2.75) is 25.2 Å². The summed E-state index contributed by atoms with van der Waals surface area (Å²) in [5, 5.41) is 10.5. The van der Waals surface area contributed by atoms with Gasteiger partial charge in [0.25, 0.3) is 0 Å². The van der Waals surface area contributed by atoms with E-state index in [1.807, 2.05) is 6.92 Å². The van der Waals surface area contributed by atoms with Gasteiger partial charge < -0.3 is 9.84 Å². The van der Waals surface area contributed by atoms with Crippen molar-refractivity contribution in [1.29, 1.82) is 0 Å². The molecule has 0 amide bonds. The van der Waals surface area contributed by atoms with E-state index in [4.69, 9.17) is 16.3 Å². The number of aliphatic carboxylic acids is 1. The van der Waals surface area contributed by atoms with Crippen LogP contribution in [0.25, 0.3) is 10.8 Å². The van der Waals surface area contributed by atoms with Gasteiger partial charge in [0.05, 0.1) is 11.4 Å². The maximum atomic E-state index is 14.4. The van der Waals surface area contributed by atoms with Crippen molar-refractivity contribution < 1.29 is 23.4 Å². The first kappa shape index (κ1) is 20.4. The van der Waals surface area contributed by atoms with E-state index in [1.165, 1.54) is 36.0 Å². The Balaban J connectivity index is 2.16. The summed E-state index contributed by atoms with van der Waals surface area (Å²) in [6, 6.07) is 8.50. The Morgan fingerprint density at radius 1 is 1.21 bits per heavy atom. The van der Waals surface area contributed by atoms with Gasteiger partial charge in [-0.25, -0.2) is 8.78 Å². The van der Waals surface area contributed by atoms with Crippen molar-refractivity contribution in [2.24, 2.45) is 0 Å². The van der Waals surface area contributed by atoms with Crippen LogP contribution in [0.5, 0.6) is 11.5 Å². The second kappa shape index (κ2) is 8.37. The van der Waals surface area contributed by atoms with Crippen LogP contribution in [0.4, 0.5) is 8.78 Å². The third-order valence-electron chi connectivity index (χ3n) is 4.25. The van der Waals surface area contributed by atoms with Crippen LogP contribution in [0.15, 0.2) is 41.3 Å². The van der Waals surface area contributed by atoms with E-state index in [-0.39, 0.29) is 22.9 Å². The lowest BCUT2D eigenvalue weighted by atomic mass is 9.98. The average molecular weight is 423 g/mol. The number of carboxylic acid groups (broad SMARTS) is 1. The summed E-state index contributed by atoms with van der Waals surface area (Å²) in [5.74, 6) is -0.907. The van der Waals surface area contributed by atoms with Gasteiger partial charge in [-0.15, -0.1) is 11.8 Å². The second-order valence-corrected chi connectivity index (χ2v) is 7.89. The lowest BCUT2D eigenvalue weighted by molar-refractivity contribution is -0.136. The summed E-state index contributed by atoms with van der Waals surface area (Å²) in [5.41, 5.74) is 1.06. The molecule has 0 aliphatic carbocycles. The molecule has 0 aliphatic heterocycles. The van der Waals surface area contributed by atoms with Gasteiger partial charge in [0, 0.05) is 16.3 Å². The Kier molecular flexibility index (Phi) is 6.10. The minimum atomic E-state index is -1.000. The van der Waals surface area contributed by atoms with Crippen LogP contribution in [0.3, 0.4) is 0 Å². The van der Waals surface area contributed by atoms with Gasteiger partial charge in [0.1, 0.15) is 23.1 Å². The zero-order valence-corrected chi connectivity index (χ0v) is 16.8. The SMILES string of the molecule is CCSc1cc(Cl)c(Oc2c(C)c(CC(=O)O)cc3ccc(F)cc23)cc1F. The minimum Gasteiger partial charge on any atom is -0.481 e. The Morgan fingerprint density at radius 3 is 2.64 bits per heavy atom. The molecule has 0 aliphatic rings. The zero-order chi connectivity index (χ0) is 20.4. The first-order valence-electron chi connectivity index (χ1n) is 8.53. The summed E-state index contributed by atoms with van der Waals surface area (Å²) in [6.45, 7) is 3.59. The van der Waals surface area contributed by atoms with Crippen LogP contribution in [-0.4, -0.2) is 16.8 Å². The molecule has 146 valence electrons. The Morgan fingerprint density at radius 2 is 1.96 bits per heavy atom. The predicted octanol–water partition coefficient (Wildman–Crippen LogP) is 6.61. The first-order chi connectivity index (χ1) is 13.3. The average Bonchev–Trinajstić information content (AvgIpc) is 2.62. The predicted molar refractivity (Wildman–Crippen MR) is 108 cm³/mol. The van der Waals surface area contributed by atoms with E-state index in [9.17, 15) is 18.7 Å². The number of hydrogen-bond acceptors (Lipinski definition) is 3. The fourth-order valence-corrected chi connectivity index (χ4v) is 3.91. The van der Waals surface area contributed by atoms with Crippen molar-refractivity contribution in [3.63, 3.8) is 0 Å². The lowest BCUT2D eigenvalue weighted by Crippen LogP contribution is -2.04. The highest BCUT2D eigenvalue weighted by molar-refractivity contribution is 7.99. The molecular formula is C21H17ClF2O3S. The third-order valence-corrected chi connectivity index (χ3v) is 5.46. The van der Waals surface area contributed by atoms with Crippen molar-refractivity contribution in [2.75, 3.05) is 5.75 Å². The van der Waals surface area contributed by atoms with E-state index in [0.717, 1.165) is 0 Å². The van der Waals surface area contributed by atoms with Crippen molar-refractivity contribution in [3.05, 3.63) is 64.2 Å². The van der Waals surface area contributed by atoms with Crippen molar-refractivity contribution >= 4 is 40.1 Å². The van der Waals surface area contributed by atoms with Gasteiger partial charge in [-0.1, -0.05) is 30.7 Å². The maximum Gasteiger partial charge on any atom is 0.307 e. The number of rotatable bonds is 6. The van der Waals surface area contributed by atoms with E-state index in [2.05, 4.69) is 0 Å². The second-order valence-electron chi connectivity index (χ2n) is 6.17. The molecule has 0 heterocycles. The normalized spacial score (nSPS) is 11.0. The molecular weight excluding hydrogens is 406 g/mol. The highest BCUT2D eigenvalue weighted by Crippen LogP contribution is 2.40. The molecule has 3 aromatic carbocycles. The van der Waals surface area contributed by atoms with E-state index < -0.39 is 17.6 Å². The topological polar surface area (TPSA) is 46.5 Å². The minimum absolute atomic E-state index is 0.0840. The monoisotopic (exact) mass is 422 g/mol. The molecule has 0 atom stereocenters. The molecule has 3 nitrogen and oxygen atoms in total.